The number of nitrogens with two attached hydrogens (primary N) is 1. The third-order valence-corrected chi connectivity index (χ3v) is 5.09. The maximum Gasteiger partial charge on any atom is 0.260 e. The van der Waals surface area contributed by atoms with E-state index in [0.717, 1.165) is 17.3 Å². The molecule has 1 atom stereocenters. The van der Waals surface area contributed by atoms with E-state index in [1.807, 2.05) is 42.1 Å². The fourth-order valence-corrected chi connectivity index (χ4v) is 3.95. The molecule has 0 amide bonds. The van der Waals surface area contributed by atoms with Crippen LogP contribution in [0.25, 0.3) is 10.8 Å². The van der Waals surface area contributed by atoms with Crippen LogP contribution in [-0.2, 0) is 6.54 Å². The van der Waals surface area contributed by atoms with Gasteiger partial charge in [-0.05, 0) is 36.1 Å². The summed E-state index contributed by atoms with van der Waals surface area (Å²) in [5, 5.41) is 2.21. The molecule has 0 radical (unpaired) electrons. The van der Waals surface area contributed by atoms with Crippen molar-refractivity contribution in [3.63, 3.8) is 0 Å². The van der Waals surface area contributed by atoms with E-state index in [9.17, 15) is 4.79 Å². The summed E-state index contributed by atoms with van der Waals surface area (Å²) in [6.07, 6.45) is 3.74. The van der Waals surface area contributed by atoms with Gasteiger partial charge < -0.3 is 5.73 Å². The Hall–Kier alpha value is -1.42. The fourth-order valence-electron chi connectivity index (χ4n) is 2.66. The molecule has 4 heteroatoms. The molecule has 2 aromatic rings. The van der Waals surface area contributed by atoms with Gasteiger partial charge in [-0.25, -0.2) is 0 Å². The first kappa shape index (κ1) is 12.6. The van der Waals surface area contributed by atoms with E-state index in [-0.39, 0.29) is 5.56 Å². The van der Waals surface area contributed by atoms with E-state index < -0.39 is 0 Å². The number of hydrogen-bond acceptors (Lipinski definition) is 3. The highest BCUT2D eigenvalue weighted by atomic mass is 32.2. The highest BCUT2D eigenvalue weighted by molar-refractivity contribution is 7.99. The zero-order valence-electron chi connectivity index (χ0n) is 10.8. The maximum atomic E-state index is 12.5. The quantitative estimate of drug-likeness (QED) is 0.916. The highest BCUT2D eigenvalue weighted by Gasteiger charge is 2.17. The van der Waals surface area contributed by atoms with Crippen LogP contribution in [0.2, 0.25) is 0 Å². The van der Waals surface area contributed by atoms with Gasteiger partial charge in [0.15, 0.2) is 0 Å². The average molecular weight is 274 g/mol. The Balaban J connectivity index is 2.00. The minimum Gasteiger partial charge on any atom is -0.385 e. The maximum absolute atomic E-state index is 12.5. The average Bonchev–Trinajstić information content (AvgIpc) is 2.45. The number of pyridine rings is 1. The zero-order valence-corrected chi connectivity index (χ0v) is 11.7. The summed E-state index contributed by atoms with van der Waals surface area (Å²) in [7, 11) is 0. The molecule has 1 aromatic heterocycles. The van der Waals surface area contributed by atoms with Crippen molar-refractivity contribution in [1.29, 1.82) is 0 Å². The molecule has 1 aliphatic rings. The number of thioether (sulfide) groups is 1. The van der Waals surface area contributed by atoms with Crippen molar-refractivity contribution in [2.24, 2.45) is 0 Å². The number of hydrogen-bond donors (Lipinski definition) is 1. The molecule has 1 unspecified atom stereocenters. The Labute approximate surface area is 116 Å². The number of nitrogen functional groups attached to an aromatic ring is 1. The molecule has 0 saturated carbocycles. The van der Waals surface area contributed by atoms with Gasteiger partial charge in [-0.1, -0.05) is 24.6 Å². The van der Waals surface area contributed by atoms with Gasteiger partial charge in [-0.3, -0.25) is 9.36 Å². The molecule has 1 aliphatic heterocycles. The standard InChI is InChI=1S/C15H18N2OS/c16-14-9-11-5-1-2-7-13(11)15(18)17(14)10-12-6-3-4-8-19-12/h1-2,5,7,9,12H,3-4,6,8,10,16H2. The molecule has 3 nitrogen and oxygen atoms in total. The number of fused-ring (bicyclic) bond motifs is 1. The van der Waals surface area contributed by atoms with Gasteiger partial charge in [0.1, 0.15) is 5.82 Å². The summed E-state index contributed by atoms with van der Waals surface area (Å²) in [4.78, 5) is 12.5. The predicted octanol–water partition coefficient (Wildman–Crippen LogP) is 2.87. The van der Waals surface area contributed by atoms with Crippen LogP contribution in [0.4, 0.5) is 5.82 Å². The molecule has 100 valence electrons. The highest BCUT2D eigenvalue weighted by Crippen LogP contribution is 2.26. The smallest absolute Gasteiger partial charge is 0.260 e. The SMILES string of the molecule is Nc1cc2ccccc2c(=O)n1CC1CCCCS1. The van der Waals surface area contributed by atoms with Gasteiger partial charge in [-0.2, -0.15) is 11.8 Å². The molecule has 19 heavy (non-hydrogen) atoms. The van der Waals surface area contributed by atoms with Gasteiger partial charge in [0, 0.05) is 17.2 Å². The minimum absolute atomic E-state index is 0.0433. The Morgan fingerprint density at radius 1 is 1.32 bits per heavy atom. The Morgan fingerprint density at radius 2 is 2.16 bits per heavy atom. The van der Waals surface area contributed by atoms with Crippen LogP contribution in [0.5, 0.6) is 0 Å². The summed E-state index contributed by atoms with van der Waals surface area (Å²) >= 11 is 1.97. The van der Waals surface area contributed by atoms with Gasteiger partial charge in [0.05, 0.1) is 0 Å². The molecule has 3 rings (SSSR count). The molecule has 1 saturated heterocycles. The number of anilines is 1. The summed E-state index contributed by atoms with van der Waals surface area (Å²) in [6.45, 7) is 0.736. The molecule has 0 spiro atoms. The van der Waals surface area contributed by atoms with Crippen LogP contribution in [0.1, 0.15) is 19.3 Å². The molecule has 1 aromatic carbocycles. The lowest BCUT2D eigenvalue weighted by molar-refractivity contribution is 0.579. The Bertz CT molecular complexity index is 644. The summed E-state index contributed by atoms with van der Waals surface area (Å²) in [6, 6.07) is 9.56. The van der Waals surface area contributed by atoms with Crippen molar-refractivity contribution in [3.05, 3.63) is 40.7 Å². The molecule has 2 heterocycles. The third kappa shape index (κ3) is 2.50. The number of rotatable bonds is 2. The lowest BCUT2D eigenvalue weighted by Crippen LogP contribution is -2.28. The molecule has 1 fully saturated rings. The number of nitrogens with zero attached hydrogens (tertiary/aromatic N) is 1. The fraction of sp³-hybridized carbons (Fsp3) is 0.400. The molecule has 0 bridgehead atoms. The second-order valence-electron chi connectivity index (χ2n) is 5.06. The second-order valence-corrected chi connectivity index (χ2v) is 6.47. The normalized spacial score (nSPS) is 19.7. The molecular weight excluding hydrogens is 256 g/mol. The van der Waals surface area contributed by atoms with Crippen molar-refractivity contribution in [1.82, 2.24) is 4.57 Å². The predicted molar refractivity (Wildman–Crippen MR) is 82.7 cm³/mol. The summed E-state index contributed by atoms with van der Waals surface area (Å²) in [5.41, 5.74) is 6.10. The van der Waals surface area contributed by atoms with Gasteiger partial charge >= 0.3 is 0 Å². The molecule has 0 aliphatic carbocycles. The van der Waals surface area contributed by atoms with Crippen LogP contribution >= 0.6 is 11.8 Å². The van der Waals surface area contributed by atoms with Crippen LogP contribution in [0.15, 0.2) is 35.1 Å². The first-order chi connectivity index (χ1) is 9.25. The third-order valence-electron chi connectivity index (χ3n) is 3.71. The van der Waals surface area contributed by atoms with E-state index >= 15 is 0 Å². The van der Waals surface area contributed by atoms with Crippen molar-refractivity contribution >= 4 is 28.4 Å². The largest absolute Gasteiger partial charge is 0.385 e. The van der Waals surface area contributed by atoms with Crippen molar-refractivity contribution in [2.45, 2.75) is 31.1 Å². The van der Waals surface area contributed by atoms with E-state index in [2.05, 4.69) is 0 Å². The van der Waals surface area contributed by atoms with Crippen molar-refractivity contribution in [2.75, 3.05) is 11.5 Å². The second kappa shape index (κ2) is 5.29. The van der Waals surface area contributed by atoms with Crippen LogP contribution < -0.4 is 11.3 Å². The number of benzene rings is 1. The first-order valence-electron chi connectivity index (χ1n) is 6.75. The lowest BCUT2D eigenvalue weighted by Gasteiger charge is -2.23. The van der Waals surface area contributed by atoms with Gasteiger partial charge in [-0.15, -0.1) is 0 Å². The van der Waals surface area contributed by atoms with Gasteiger partial charge in [0.25, 0.3) is 5.56 Å². The monoisotopic (exact) mass is 274 g/mol. The first-order valence-corrected chi connectivity index (χ1v) is 7.80. The summed E-state index contributed by atoms with van der Waals surface area (Å²) in [5.74, 6) is 1.78. The zero-order chi connectivity index (χ0) is 13.2. The minimum atomic E-state index is 0.0433. The lowest BCUT2D eigenvalue weighted by atomic mass is 10.1. The molecular formula is C15H18N2OS. The van der Waals surface area contributed by atoms with E-state index in [1.54, 1.807) is 4.57 Å². The topological polar surface area (TPSA) is 48.0 Å². The summed E-state index contributed by atoms with van der Waals surface area (Å²) < 4.78 is 1.74. The van der Waals surface area contributed by atoms with E-state index in [4.69, 9.17) is 5.73 Å². The van der Waals surface area contributed by atoms with E-state index in [1.165, 1.54) is 25.0 Å². The van der Waals surface area contributed by atoms with Crippen LogP contribution in [-0.4, -0.2) is 15.6 Å². The van der Waals surface area contributed by atoms with E-state index in [0.29, 0.717) is 11.1 Å². The Morgan fingerprint density at radius 3 is 2.95 bits per heavy atom. The molecule has 2 N–H and O–H groups in total. The number of aromatic nitrogens is 1. The van der Waals surface area contributed by atoms with Gasteiger partial charge in [0.2, 0.25) is 0 Å². The van der Waals surface area contributed by atoms with Crippen molar-refractivity contribution in [3.8, 4) is 0 Å². The van der Waals surface area contributed by atoms with Crippen LogP contribution in [0, 0.1) is 0 Å². The van der Waals surface area contributed by atoms with Crippen LogP contribution in [0.3, 0.4) is 0 Å². The van der Waals surface area contributed by atoms with Crippen molar-refractivity contribution < 1.29 is 0 Å². The Kier molecular flexibility index (Phi) is 3.51.